The van der Waals surface area contributed by atoms with Gasteiger partial charge in [0.25, 0.3) is 10.0 Å². The zero-order valence-electron chi connectivity index (χ0n) is 16.8. The first-order chi connectivity index (χ1) is 13.3. The van der Waals surface area contributed by atoms with E-state index in [1.54, 1.807) is 37.3 Å². The highest BCUT2D eigenvalue weighted by Crippen LogP contribution is 2.26. The van der Waals surface area contributed by atoms with Crippen LogP contribution in [0.2, 0.25) is 0 Å². The van der Waals surface area contributed by atoms with Gasteiger partial charge in [0.15, 0.2) is 0 Å². The molecular weight excluding hydrogens is 378 g/mol. The number of benzene rings is 2. The number of aryl methyl sites for hydroxylation is 1. The van der Waals surface area contributed by atoms with E-state index in [2.05, 4.69) is 0 Å². The number of esters is 1. The zero-order valence-corrected chi connectivity index (χ0v) is 17.6. The largest absolute Gasteiger partial charge is 0.494 e. The quantitative estimate of drug-likeness (QED) is 0.462. The summed E-state index contributed by atoms with van der Waals surface area (Å²) >= 11 is 0. The highest BCUT2D eigenvalue weighted by Gasteiger charge is 2.24. The van der Waals surface area contributed by atoms with E-state index < -0.39 is 16.0 Å². The number of carbonyl (C=O) groups excluding carboxylic acids is 1. The molecule has 0 bridgehead atoms. The molecule has 152 valence electrons. The van der Waals surface area contributed by atoms with Gasteiger partial charge in [-0.3, -0.25) is 4.31 Å². The molecule has 0 radical (unpaired) electrons. The van der Waals surface area contributed by atoms with Gasteiger partial charge < -0.3 is 9.47 Å². The summed E-state index contributed by atoms with van der Waals surface area (Å²) in [6.45, 7) is 6.49. The van der Waals surface area contributed by atoms with Crippen LogP contribution in [0.5, 0.6) is 5.75 Å². The van der Waals surface area contributed by atoms with Crippen molar-refractivity contribution in [1.82, 2.24) is 0 Å². The maximum absolute atomic E-state index is 13.0. The Kier molecular flexibility index (Phi) is 7.45. The number of nitrogens with zero attached hydrogens (tertiary/aromatic N) is 1. The Morgan fingerprint density at radius 3 is 2.36 bits per heavy atom. The van der Waals surface area contributed by atoms with E-state index in [1.165, 1.54) is 23.5 Å². The van der Waals surface area contributed by atoms with Crippen LogP contribution in [0, 0.1) is 6.92 Å². The lowest BCUT2D eigenvalue weighted by molar-refractivity contribution is 0.0498. The van der Waals surface area contributed by atoms with Gasteiger partial charge in [-0.1, -0.05) is 19.4 Å². The van der Waals surface area contributed by atoms with Gasteiger partial charge in [-0.25, -0.2) is 13.2 Å². The number of rotatable bonds is 9. The third-order valence-electron chi connectivity index (χ3n) is 4.33. The molecule has 0 N–H and O–H groups in total. The van der Waals surface area contributed by atoms with Crippen molar-refractivity contribution in [2.45, 2.75) is 38.5 Å². The highest BCUT2D eigenvalue weighted by atomic mass is 32.2. The highest BCUT2D eigenvalue weighted by molar-refractivity contribution is 7.92. The second kappa shape index (κ2) is 9.59. The molecule has 2 rings (SSSR count). The van der Waals surface area contributed by atoms with Crippen LogP contribution >= 0.6 is 0 Å². The fourth-order valence-electron chi connectivity index (χ4n) is 2.58. The molecule has 0 fully saturated rings. The molecule has 0 heterocycles. The van der Waals surface area contributed by atoms with Crippen molar-refractivity contribution in [3.05, 3.63) is 53.6 Å². The van der Waals surface area contributed by atoms with Crippen molar-refractivity contribution in [3.63, 3.8) is 0 Å². The smallest absolute Gasteiger partial charge is 0.338 e. The lowest BCUT2D eigenvalue weighted by Gasteiger charge is -2.20. The van der Waals surface area contributed by atoms with Crippen LogP contribution in [0.25, 0.3) is 0 Å². The van der Waals surface area contributed by atoms with Crippen molar-refractivity contribution in [1.29, 1.82) is 0 Å². The second-order valence-electron chi connectivity index (χ2n) is 6.37. The standard InChI is InChI=1S/C21H27NO5S/c1-5-7-14-27-21(23)20-15-19(13-8-16(20)3)28(24,25)22(4)17-9-11-18(12-10-17)26-6-2/h8-13,15H,5-7,14H2,1-4H3. The molecule has 28 heavy (non-hydrogen) atoms. The maximum Gasteiger partial charge on any atom is 0.338 e. The van der Waals surface area contributed by atoms with E-state index in [0.717, 1.165) is 12.8 Å². The van der Waals surface area contributed by atoms with Gasteiger partial charge in [0, 0.05) is 7.05 Å². The Morgan fingerprint density at radius 2 is 1.75 bits per heavy atom. The van der Waals surface area contributed by atoms with Crippen LogP contribution < -0.4 is 9.04 Å². The Bertz CT molecular complexity index is 907. The monoisotopic (exact) mass is 405 g/mol. The summed E-state index contributed by atoms with van der Waals surface area (Å²) < 4.78 is 37.9. The number of sulfonamides is 1. The fraction of sp³-hybridized carbons (Fsp3) is 0.381. The van der Waals surface area contributed by atoms with Crippen LogP contribution in [0.15, 0.2) is 47.4 Å². The molecule has 2 aromatic rings. The Balaban J connectivity index is 2.29. The Morgan fingerprint density at radius 1 is 1.07 bits per heavy atom. The molecular formula is C21H27NO5S. The number of hydrogen-bond donors (Lipinski definition) is 0. The van der Waals surface area contributed by atoms with Crippen molar-refractivity contribution in [3.8, 4) is 5.75 Å². The zero-order chi connectivity index (χ0) is 20.7. The summed E-state index contributed by atoms with van der Waals surface area (Å²) in [7, 11) is -2.35. The molecule has 0 aliphatic carbocycles. The van der Waals surface area contributed by atoms with Gasteiger partial charge in [-0.15, -0.1) is 0 Å². The van der Waals surface area contributed by atoms with Crippen molar-refractivity contribution in [2.24, 2.45) is 0 Å². The minimum atomic E-state index is -3.83. The van der Waals surface area contributed by atoms with E-state index in [0.29, 0.717) is 30.2 Å². The topological polar surface area (TPSA) is 72.9 Å². The van der Waals surface area contributed by atoms with Crippen molar-refractivity contribution < 1.29 is 22.7 Å². The van der Waals surface area contributed by atoms with E-state index in [4.69, 9.17) is 9.47 Å². The third kappa shape index (κ3) is 5.04. The van der Waals surface area contributed by atoms with Crippen LogP contribution in [0.3, 0.4) is 0 Å². The molecule has 0 unspecified atom stereocenters. The van der Waals surface area contributed by atoms with Crippen LogP contribution in [0.4, 0.5) is 5.69 Å². The molecule has 0 aliphatic rings. The summed E-state index contributed by atoms with van der Waals surface area (Å²) in [6, 6.07) is 11.3. The second-order valence-corrected chi connectivity index (χ2v) is 8.33. The average molecular weight is 406 g/mol. The summed E-state index contributed by atoms with van der Waals surface area (Å²) in [4.78, 5) is 12.4. The SMILES string of the molecule is CCCCOC(=O)c1cc(S(=O)(=O)N(C)c2ccc(OCC)cc2)ccc1C. The Labute approximate surface area is 167 Å². The van der Waals surface area contributed by atoms with Gasteiger partial charge in [0.2, 0.25) is 0 Å². The van der Waals surface area contributed by atoms with Crippen LogP contribution in [-0.4, -0.2) is 34.6 Å². The summed E-state index contributed by atoms with van der Waals surface area (Å²) in [6.07, 6.45) is 1.68. The minimum Gasteiger partial charge on any atom is -0.494 e. The normalized spacial score (nSPS) is 11.1. The first kappa shape index (κ1) is 21.8. The van der Waals surface area contributed by atoms with Crippen LogP contribution in [-0.2, 0) is 14.8 Å². The molecule has 6 nitrogen and oxygen atoms in total. The first-order valence-corrected chi connectivity index (χ1v) is 10.7. The fourth-order valence-corrected chi connectivity index (χ4v) is 3.81. The van der Waals surface area contributed by atoms with Gasteiger partial charge in [-0.2, -0.15) is 0 Å². The molecule has 0 aromatic heterocycles. The molecule has 0 spiro atoms. The molecule has 7 heteroatoms. The number of carbonyl (C=O) groups is 1. The molecule has 2 aromatic carbocycles. The molecule has 0 aliphatic heterocycles. The number of ether oxygens (including phenoxy) is 2. The predicted octanol–water partition coefficient (Wildman–Crippen LogP) is 4.18. The lowest BCUT2D eigenvalue weighted by Crippen LogP contribution is -2.26. The first-order valence-electron chi connectivity index (χ1n) is 9.30. The summed E-state index contributed by atoms with van der Waals surface area (Å²) in [5.74, 6) is 0.163. The minimum absolute atomic E-state index is 0.0388. The van der Waals surface area contributed by atoms with E-state index in [9.17, 15) is 13.2 Å². The molecule has 0 atom stereocenters. The predicted molar refractivity (Wildman–Crippen MR) is 110 cm³/mol. The maximum atomic E-state index is 13.0. The Hall–Kier alpha value is -2.54. The van der Waals surface area contributed by atoms with Gasteiger partial charge in [0.05, 0.1) is 29.4 Å². The van der Waals surface area contributed by atoms with E-state index >= 15 is 0 Å². The molecule has 0 saturated carbocycles. The van der Waals surface area contributed by atoms with Gasteiger partial charge in [0.1, 0.15) is 5.75 Å². The molecule has 0 saturated heterocycles. The average Bonchev–Trinajstić information content (AvgIpc) is 2.68. The van der Waals surface area contributed by atoms with Crippen molar-refractivity contribution in [2.75, 3.05) is 24.6 Å². The summed E-state index contributed by atoms with van der Waals surface area (Å²) in [5, 5.41) is 0. The van der Waals surface area contributed by atoms with E-state index in [1.807, 2.05) is 13.8 Å². The van der Waals surface area contributed by atoms with Gasteiger partial charge in [-0.05, 0) is 62.2 Å². The number of anilines is 1. The number of hydrogen-bond acceptors (Lipinski definition) is 5. The van der Waals surface area contributed by atoms with Crippen LogP contribution in [0.1, 0.15) is 42.6 Å². The van der Waals surface area contributed by atoms with Gasteiger partial charge >= 0.3 is 5.97 Å². The van der Waals surface area contributed by atoms with E-state index in [-0.39, 0.29) is 10.5 Å². The lowest BCUT2D eigenvalue weighted by atomic mass is 10.1. The third-order valence-corrected chi connectivity index (χ3v) is 6.11. The summed E-state index contributed by atoms with van der Waals surface area (Å²) in [5.41, 5.74) is 1.43. The molecule has 0 amide bonds. The number of unbranched alkanes of at least 4 members (excludes halogenated alkanes) is 1. The van der Waals surface area contributed by atoms with Crippen molar-refractivity contribution >= 4 is 21.7 Å².